The third kappa shape index (κ3) is 4.82. The van der Waals surface area contributed by atoms with E-state index < -0.39 is 0 Å². The van der Waals surface area contributed by atoms with Crippen molar-refractivity contribution < 1.29 is 4.79 Å². The summed E-state index contributed by atoms with van der Waals surface area (Å²) in [5.74, 6) is -0.116. The molecule has 4 nitrogen and oxygen atoms in total. The molecule has 3 N–H and O–H groups in total. The summed E-state index contributed by atoms with van der Waals surface area (Å²) in [5.41, 5.74) is 5.88. The summed E-state index contributed by atoms with van der Waals surface area (Å²) in [6, 6.07) is 3.98. The first-order valence-electron chi connectivity index (χ1n) is 5.90. The number of carbonyl (C=O) groups excluding carboxylic acids is 1. The molecule has 0 saturated carbocycles. The summed E-state index contributed by atoms with van der Waals surface area (Å²) in [6.45, 7) is 1.30. The Labute approximate surface area is 140 Å². The predicted octanol–water partition coefficient (Wildman–Crippen LogP) is 3.52. The Hall–Kier alpha value is -0.470. The van der Waals surface area contributed by atoms with E-state index in [-0.39, 0.29) is 18.3 Å². The standard InChI is InChI=1S/C12H14BrN3OS2.ClH/c13-10-4-3-9(19-10)12-16-8(7-18-12)11(17)15-6-2-1-5-14;/h3-4,7H,1-2,5-6,14H2,(H,15,17);1H. The first-order valence-corrected chi connectivity index (χ1v) is 8.39. The van der Waals surface area contributed by atoms with Gasteiger partial charge in [0.2, 0.25) is 0 Å². The molecule has 0 atom stereocenters. The van der Waals surface area contributed by atoms with E-state index in [0.717, 1.165) is 26.5 Å². The molecule has 110 valence electrons. The minimum absolute atomic E-state index is 0. The molecule has 0 unspecified atom stereocenters. The average Bonchev–Trinajstić information content (AvgIpc) is 3.02. The van der Waals surface area contributed by atoms with Crippen LogP contribution in [0.25, 0.3) is 9.88 Å². The first-order chi connectivity index (χ1) is 9.20. The van der Waals surface area contributed by atoms with Crippen LogP contribution in [-0.4, -0.2) is 24.0 Å². The molecule has 2 rings (SSSR count). The third-order valence-electron chi connectivity index (χ3n) is 2.44. The Morgan fingerprint density at radius 3 is 2.85 bits per heavy atom. The van der Waals surface area contributed by atoms with Crippen LogP contribution in [0.1, 0.15) is 23.3 Å². The minimum Gasteiger partial charge on any atom is -0.351 e. The quantitative estimate of drug-likeness (QED) is 0.734. The molecule has 2 aromatic rings. The zero-order valence-electron chi connectivity index (χ0n) is 10.6. The number of nitrogens with one attached hydrogen (secondary N) is 1. The lowest BCUT2D eigenvalue weighted by atomic mass is 10.3. The summed E-state index contributed by atoms with van der Waals surface area (Å²) in [4.78, 5) is 17.3. The van der Waals surface area contributed by atoms with Crippen molar-refractivity contribution in [2.24, 2.45) is 5.73 Å². The zero-order chi connectivity index (χ0) is 13.7. The fraction of sp³-hybridized carbons (Fsp3) is 0.333. The third-order valence-corrected chi connectivity index (χ3v) is 5.07. The van der Waals surface area contributed by atoms with Gasteiger partial charge in [0.1, 0.15) is 10.7 Å². The molecule has 20 heavy (non-hydrogen) atoms. The maximum Gasteiger partial charge on any atom is 0.270 e. The highest BCUT2D eigenvalue weighted by molar-refractivity contribution is 9.11. The number of nitrogens with two attached hydrogens (primary N) is 1. The fourth-order valence-corrected chi connectivity index (χ4v) is 3.74. The van der Waals surface area contributed by atoms with E-state index in [9.17, 15) is 4.79 Å². The van der Waals surface area contributed by atoms with Gasteiger partial charge in [-0.3, -0.25) is 4.79 Å². The first kappa shape index (κ1) is 17.6. The van der Waals surface area contributed by atoms with Crippen molar-refractivity contribution in [1.82, 2.24) is 10.3 Å². The molecule has 0 spiro atoms. The van der Waals surface area contributed by atoms with Gasteiger partial charge in [0.05, 0.1) is 8.66 Å². The van der Waals surface area contributed by atoms with Crippen LogP contribution in [0.2, 0.25) is 0 Å². The average molecular weight is 397 g/mol. The molecule has 2 heterocycles. The molecule has 8 heteroatoms. The second kappa shape index (κ2) is 8.74. The second-order valence-electron chi connectivity index (χ2n) is 3.89. The number of aromatic nitrogens is 1. The monoisotopic (exact) mass is 395 g/mol. The number of unbranched alkanes of at least 4 members (excludes halogenated alkanes) is 1. The van der Waals surface area contributed by atoms with E-state index in [1.54, 1.807) is 16.7 Å². The Morgan fingerprint density at radius 2 is 2.20 bits per heavy atom. The highest BCUT2D eigenvalue weighted by Crippen LogP contribution is 2.33. The molecule has 0 saturated heterocycles. The van der Waals surface area contributed by atoms with Gasteiger partial charge in [-0.25, -0.2) is 4.98 Å². The van der Waals surface area contributed by atoms with E-state index in [0.29, 0.717) is 18.8 Å². The van der Waals surface area contributed by atoms with Crippen LogP contribution >= 0.6 is 51.0 Å². The highest BCUT2D eigenvalue weighted by atomic mass is 79.9. The van der Waals surface area contributed by atoms with Crippen molar-refractivity contribution in [2.75, 3.05) is 13.1 Å². The largest absolute Gasteiger partial charge is 0.351 e. The molecule has 0 aliphatic heterocycles. The van der Waals surface area contributed by atoms with Crippen LogP contribution in [0.3, 0.4) is 0 Å². The lowest BCUT2D eigenvalue weighted by Gasteiger charge is -2.01. The smallest absolute Gasteiger partial charge is 0.270 e. The molecule has 0 radical (unpaired) electrons. The van der Waals surface area contributed by atoms with Crippen LogP contribution in [-0.2, 0) is 0 Å². The van der Waals surface area contributed by atoms with Gasteiger partial charge in [-0.2, -0.15) is 0 Å². The molecule has 0 fully saturated rings. The highest BCUT2D eigenvalue weighted by Gasteiger charge is 2.12. The molecule has 0 bridgehead atoms. The summed E-state index contributed by atoms with van der Waals surface area (Å²) in [5, 5.41) is 5.52. The van der Waals surface area contributed by atoms with Gasteiger partial charge >= 0.3 is 0 Å². The summed E-state index contributed by atoms with van der Waals surface area (Å²) < 4.78 is 1.06. The van der Waals surface area contributed by atoms with Crippen molar-refractivity contribution in [3.8, 4) is 9.88 Å². The van der Waals surface area contributed by atoms with E-state index in [1.807, 2.05) is 12.1 Å². The number of halogens is 2. The summed E-state index contributed by atoms with van der Waals surface area (Å²) in [6.07, 6.45) is 1.82. The van der Waals surface area contributed by atoms with Crippen molar-refractivity contribution in [3.05, 3.63) is 27.0 Å². The topological polar surface area (TPSA) is 68.0 Å². The van der Waals surface area contributed by atoms with E-state index >= 15 is 0 Å². The Bertz CT molecular complexity index is 558. The van der Waals surface area contributed by atoms with Gasteiger partial charge in [0.15, 0.2) is 0 Å². The predicted molar refractivity (Wildman–Crippen MR) is 91.0 cm³/mol. The van der Waals surface area contributed by atoms with Crippen LogP contribution in [0.4, 0.5) is 0 Å². The van der Waals surface area contributed by atoms with Crippen molar-refractivity contribution >= 4 is 56.9 Å². The van der Waals surface area contributed by atoms with E-state index in [4.69, 9.17) is 5.73 Å². The van der Waals surface area contributed by atoms with Crippen LogP contribution in [0.15, 0.2) is 21.3 Å². The SMILES string of the molecule is Cl.NCCCCNC(=O)c1csc(-c2ccc(Br)s2)n1. The molecular weight excluding hydrogens is 382 g/mol. The van der Waals surface area contributed by atoms with Gasteiger partial charge in [-0.1, -0.05) is 0 Å². The van der Waals surface area contributed by atoms with Crippen LogP contribution in [0.5, 0.6) is 0 Å². The number of thiazole rings is 1. The second-order valence-corrected chi connectivity index (χ2v) is 7.21. The Morgan fingerprint density at radius 1 is 1.40 bits per heavy atom. The summed E-state index contributed by atoms with van der Waals surface area (Å²) in [7, 11) is 0. The van der Waals surface area contributed by atoms with E-state index in [1.165, 1.54) is 11.3 Å². The van der Waals surface area contributed by atoms with Gasteiger partial charge in [-0.05, 0) is 47.4 Å². The normalized spacial score (nSPS) is 10.1. The van der Waals surface area contributed by atoms with Crippen molar-refractivity contribution in [2.45, 2.75) is 12.8 Å². The number of hydrogen-bond donors (Lipinski definition) is 2. The maximum atomic E-state index is 11.9. The number of thiophene rings is 1. The number of hydrogen-bond acceptors (Lipinski definition) is 5. The molecule has 0 aliphatic rings. The van der Waals surface area contributed by atoms with Gasteiger partial charge < -0.3 is 11.1 Å². The molecular formula is C12H15BrClN3OS2. The lowest BCUT2D eigenvalue weighted by molar-refractivity contribution is 0.0949. The van der Waals surface area contributed by atoms with Gasteiger partial charge in [0.25, 0.3) is 5.91 Å². The Kier molecular flexibility index (Phi) is 7.68. The van der Waals surface area contributed by atoms with Gasteiger partial charge in [-0.15, -0.1) is 35.1 Å². The van der Waals surface area contributed by atoms with Crippen LogP contribution < -0.4 is 11.1 Å². The zero-order valence-corrected chi connectivity index (χ0v) is 14.6. The minimum atomic E-state index is -0.116. The number of carbonyl (C=O) groups is 1. The number of nitrogens with zero attached hydrogens (tertiary/aromatic N) is 1. The molecule has 2 aromatic heterocycles. The van der Waals surface area contributed by atoms with Crippen molar-refractivity contribution in [1.29, 1.82) is 0 Å². The molecule has 0 aromatic carbocycles. The van der Waals surface area contributed by atoms with Crippen molar-refractivity contribution in [3.63, 3.8) is 0 Å². The van der Waals surface area contributed by atoms with Gasteiger partial charge in [0, 0.05) is 11.9 Å². The lowest BCUT2D eigenvalue weighted by Crippen LogP contribution is -2.25. The number of amides is 1. The van der Waals surface area contributed by atoms with E-state index in [2.05, 4.69) is 26.2 Å². The Balaban J connectivity index is 0.00000200. The maximum absolute atomic E-state index is 11.9. The van der Waals surface area contributed by atoms with Crippen LogP contribution in [0, 0.1) is 0 Å². The summed E-state index contributed by atoms with van der Waals surface area (Å²) >= 11 is 6.51. The molecule has 1 amide bonds. The molecule has 0 aliphatic carbocycles. The fourth-order valence-electron chi connectivity index (χ4n) is 1.48. The number of rotatable bonds is 6.